The molecule has 3 nitrogen and oxygen atoms in total. The Morgan fingerprint density at radius 2 is 1.90 bits per heavy atom. The Balaban J connectivity index is 2.01. The Hall–Kier alpha value is -2.07. The summed E-state index contributed by atoms with van der Waals surface area (Å²) in [7, 11) is 0. The Labute approximate surface area is 131 Å². The van der Waals surface area contributed by atoms with Crippen LogP contribution in [0.25, 0.3) is 11.0 Å². The summed E-state index contributed by atoms with van der Waals surface area (Å²) in [5, 5.41) is 0.914. The summed E-state index contributed by atoms with van der Waals surface area (Å²) in [6, 6.07) is 17.1. The molecule has 0 saturated carbocycles. The molecule has 0 atom stereocenters. The predicted octanol–water partition coefficient (Wildman–Crippen LogP) is 4.86. The summed E-state index contributed by atoms with van der Waals surface area (Å²) in [6.45, 7) is 2.53. The highest BCUT2D eigenvalue weighted by Gasteiger charge is 2.20. The molecule has 0 aliphatic heterocycles. The lowest BCUT2D eigenvalue weighted by Crippen LogP contribution is -2.30. The summed E-state index contributed by atoms with van der Waals surface area (Å²) in [6.07, 6.45) is 0. The van der Waals surface area contributed by atoms with Gasteiger partial charge in [0, 0.05) is 17.6 Å². The van der Waals surface area contributed by atoms with Crippen LogP contribution in [-0.4, -0.2) is 12.5 Å². The molecule has 0 unspecified atom stereocenters. The fourth-order valence-corrected chi connectivity index (χ4v) is 2.78. The van der Waals surface area contributed by atoms with Gasteiger partial charge in [0.15, 0.2) is 5.76 Å². The van der Waals surface area contributed by atoms with Gasteiger partial charge in [0.2, 0.25) is 0 Å². The van der Waals surface area contributed by atoms with Crippen LogP contribution in [0.15, 0.2) is 63.5 Å². The number of carbonyl (C=O) groups excluding carboxylic acids is 1. The number of nitrogens with zero attached hydrogens (tertiary/aromatic N) is 1. The van der Waals surface area contributed by atoms with E-state index in [2.05, 4.69) is 15.9 Å². The Morgan fingerprint density at radius 1 is 1.14 bits per heavy atom. The lowest BCUT2D eigenvalue weighted by molar-refractivity contribution is 0.0964. The van der Waals surface area contributed by atoms with E-state index in [0.29, 0.717) is 17.9 Å². The van der Waals surface area contributed by atoms with E-state index < -0.39 is 0 Å². The SMILES string of the molecule is CCN(C(=O)c1cc2cccc(Br)c2o1)c1ccccc1. The smallest absolute Gasteiger partial charge is 0.294 e. The van der Waals surface area contributed by atoms with Crippen molar-refractivity contribution in [1.29, 1.82) is 0 Å². The normalized spacial score (nSPS) is 10.8. The van der Waals surface area contributed by atoms with Crippen molar-refractivity contribution >= 4 is 38.5 Å². The van der Waals surface area contributed by atoms with Crippen molar-refractivity contribution in [2.75, 3.05) is 11.4 Å². The molecule has 0 saturated heterocycles. The van der Waals surface area contributed by atoms with Crippen LogP contribution < -0.4 is 4.90 Å². The number of benzene rings is 2. The minimum atomic E-state index is -0.133. The van der Waals surface area contributed by atoms with Gasteiger partial charge in [0.25, 0.3) is 5.91 Å². The molecule has 3 aromatic rings. The first-order valence-corrected chi connectivity index (χ1v) is 7.55. The molecule has 21 heavy (non-hydrogen) atoms. The quantitative estimate of drug-likeness (QED) is 0.680. The van der Waals surface area contributed by atoms with Crippen molar-refractivity contribution in [1.82, 2.24) is 0 Å². The molecule has 1 aromatic heterocycles. The van der Waals surface area contributed by atoms with E-state index in [1.54, 1.807) is 11.0 Å². The summed E-state index contributed by atoms with van der Waals surface area (Å²) >= 11 is 3.44. The fourth-order valence-electron chi connectivity index (χ4n) is 2.32. The van der Waals surface area contributed by atoms with Crippen molar-refractivity contribution in [3.63, 3.8) is 0 Å². The zero-order valence-electron chi connectivity index (χ0n) is 11.5. The zero-order valence-corrected chi connectivity index (χ0v) is 13.1. The number of amides is 1. The van der Waals surface area contributed by atoms with Crippen molar-refractivity contribution < 1.29 is 9.21 Å². The molecule has 0 aliphatic carbocycles. The molecule has 0 N–H and O–H groups in total. The highest BCUT2D eigenvalue weighted by atomic mass is 79.9. The number of hydrogen-bond donors (Lipinski definition) is 0. The second-order valence-corrected chi connectivity index (χ2v) is 5.51. The molecule has 0 fully saturated rings. The van der Waals surface area contributed by atoms with Gasteiger partial charge in [-0.1, -0.05) is 30.3 Å². The number of carbonyl (C=O) groups is 1. The molecule has 3 rings (SSSR count). The molecular weight excluding hydrogens is 330 g/mol. The van der Waals surface area contributed by atoms with Gasteiger partial charge in [-0.15, -0.1) is 0 Å². The van der Waals surface area contributed by atoms with E-state index in [0.717, 1.165) is 15.5 Å². The molecule has 1 amide bonds. The fraction of sp³-hybridized carbons (Fsp3) is 0.118. The third kappa shape index (κ3) is 2.59. The highest BCUT2D eigenvalue weighted by Crippen LogP contribution is 2.28. The number of hydrogen-bond acceptors (Lipinski definition) is 2. The predicted molar refractivity (Wildman–Crippen MR) is 87.7 cm³/mol. The van der Waals surface area contributed by atoms with Crippen molar-refractivity contribution in [3.05, 3.63) is 64.8 Å². The molecule has 1 heterocycles. The summed E-state index contributed by atoms with van der Waals surface area (Å²) in [5.41, 5.74) is 1.56. The van der Waals surface area contributed by atoms with Crippen molar-refractivity contribution in [3.8, 4) is 0 Å². The lowest BCUT2D eigenvalue weighted by atomic mass is 10.2. The van der Waals surface area contributed by atoms with Crippen LogP contribution in [0.4, 0.5) is 5.69 Å². The van der Waals surface area contributed by atoms with Gasteiger partial charge < -0.3 is 9.32 Å². The molecule has 0 aliphatic rings. The molecule has 0 spiro atoms. The van der Waals surface area contributed by atoms with Gasteiger partial charge >= 0.3 is 0 Å². The van der Waals surface area contributed by atoms with Gasteiger partial charge in [0.05, 0.1) is 4.47 Å². The van der Waals surface area contributed by atoms with Crippen LogP contribution in [-0.2, 0) is 0 Å². The van der Waals surface area contributed by atoms with Gasteiger partial charge in [-0.2, -0.15) is 0 Å². The first-order chi connectivity index (χ1) is 10.2. The third-order valence-corrected chi connectivity index (χ3v) is 3.96. The molecular formula is C17H14BrNO2. The summed E-state index contributed by atoms with van der Waals surface area (Å²) < 4.78 is 6.58. The van der Waals surface area contributed by atoms with Crippen LogP contribution in [0.1, 0.15) is 17.5 Å². The minimum Gasteiger partial charge on any atom is -0.450 e. The Morgan fingerprint density at radius 3 is 2.57 bits per heavy atom. The average Bonchev–Trinajstić information content (AvgIpc) is 2.95. The lowest BCUT2D eigenvalue weighted by Gasteiger charge is -2.19. The number of furan rings is 1. The number of fused-ring (bicyclic) bond motifs is 1. The molecule has 4 heteroatoms. The number of anilines is 1. The second kappa shape index (κ2) is 5.74. The van der Waals surface area contributed by atoms with Crippen LogP contribution in [0, 0.1) is 0 Å². The van der Waals surface area contributed by atoms with E-state index in [1.165, 1.54) is 0 Å². The maximum atomic E-state index is 12.7. The summed E-state index contributed by atoms with van der Waals surface area (Å²) in [5.74, 6) is 0.217. The van der Waals surface area contributed by atoms with E-state index in [-0.39, 0.29) is 5.91 Å². The van der Waals surface area contributed by atoms with E-state index in [9.17, 15) is 4.79 Å². The van der Waals surface area contributed by atoms with E-state index >= 15 is 0 Å². The first-order valence-electron chi connectivity index (χ1n) is 6.75. The third-order valence-electron chi connectivity index (χ3n) is 3.34. The van der Waals surface area contributed by atoms with Crippen molar-refractivity contribution in [2.24, 2.45) is 0 Å². The van der Waals surface area contributed by atoms with E-state index in [1.807, 2.05) is 55.5 Å². The van der Waals surface area contributed by atoms with Crippen LogP contribution in [0.5, 0.6) is 0 Å². The molecule has 106 valence electrons. The average molecular weight is 344 g/mol. The maximum absolute atomic E-state index is 12.7. The van der Waals surface area contributed by atoms with E-state index in [4.69, 9.17) is 4.42 Å². The topological polar surface area (TPSA) is 33.5 Å². The largest absolute Gasteiger partial charge is 0.450 e. The first kappa shape index (κ1) is 13.9. The van der Waals surface area contributed by atoms with Crippen LogP contribution >= 0.6 is 15.9 Å². The summed E-state index contributed by atoms with van der Waals surface area (Å²) in [4.78, 5) is 14.4. The minimum absolute atomic E-state index is 0.133. The number of para-hydroxylation sites is 2. The Bertz CT molecular complexity index is 780. The van der Waals surface area contributed by atoms with Crippen LogP contribution in [0.3, 0.4) is 0 Å². The number of halogens is 1. The Kier molecular flexibility index (Phi) is 3.80. The highest BCUT2D eigenvalue weighted by molar-refractivity contribution is 9.10. The number of rotatable bonds is 3. The van der Waals surface area contributed by atoms with Gasteiger partial charge in [-0.3, -0.25) is 4.79 Å². The van der Waals surface area contributed by atoms with Gasteiger partial charge in [0.1, 0.15) is 5.58 Å². The standard InChI is InChI=1S/C17H14BrNO2/c1-2-19(13-8-4-3-5-9-13)17(20)15-11-12-7-6-10-14(18)16(12)21-15/h3-11H,2H2,1H3. The monoisotopic (exact) mass is 343 g/mol. The second-order valence-electron chi connectivity index (χ2n) is 4.65. The zero-order chi connectivity index (χ0) is 14.8. The molecule has 0 radical (unpaired) electrons. The van der Waals surface area contributed by atoms with Gasteiger partial charge in [-0.25, -0.2) is 0 Å². The van der Waals surface area contributed by atoms with Crippen LogP contribution in [0.2, 0.25) is 0 Å². The van der Waals surface area contributed by atoms with Gasteiger partial charge in [-0.05, 0) is 47.1 Å². The van der Waals surface area contributed by atoms with Crippen molar-refractivity contribution in [2.45, 2.75) is 6.92 Å². The maximum Gasteiger partial charge on any atom is 0.294 e. The molecule has 0 bridgehead atoms. The molecule has 2 aromatic carbocycles.